The van der Waals surface area contributed by atoms with Crippen molar-refractivity contribution in [3.63, 3.8) is 0 Å². The van der Waals surface area contributed by atoms with Gasteiger partial charge in [-0.25, -0.2) is 23.1 Å². The van der Waals surface area contributed by atoms with Gasteiger partial charge in [0, 0.05) is 32.5 Å². The Bertz CT molecular complexity index is 941. The van der Waals surface area contributed by atoms with Crippen LogP contribution in [0, 0.1) is 0 Å². The van der Waals surface area contributed by atoms with Crippen LogP contribution in [0.4, 0.5) is 0 Å². The fraction of sp³-hybridized carbons (Fsp3) is 0.385. The molecule has 9 heteroatoms. The molecule has 3 rings (SSSR count). The Morgan fingerprint density at radius 2 is 2.05 bits per heavy atom. The Kier molecular flexibility index (Phi) is 3.44. The molecule has 0 N–H and O–H groups in total. The predicted octanol–water partition coefficient (Wildman–Crippen LogP) is 0.574. The molecule has 0 fully saturated rings. The molecule has 0 spiro atoms. The first-order valence-electron chi connectivity index (χ1n) is 6.78. The van der Waals surface area contributed by atoms with Gasteiger partial charge in [-0.05, 0) is 6.92 Å². The first-order valence-corrected chi connectivity index (χ1v) is 8.67. The van der Waals surface area contributed by atoms with E-state index in [9.17, 15) is 8.42 Å². The summed E-state index contributed by atoms with van der Waals surface area (Å²) >= 11 is 0. The molecule has 0 unspecified atom stereocenters. The molecule has 0 bridgehead atoms. The molecule has 8 nitrogen and oxygen atoms in total. The second-order valence-corrected chi connectivity index (χ2v) is 7.04. The van der Waals surface area contributed by atoms with E-state index in [0.29, 0.717) is 24.3 Å². The molecule has 0 aliphatic heterocycles. The highest BCUT2D eigenvalue weighted by Crippen LogP contribution is 2.20. The monoisotopic (exact) mass is 320 g/mol. The van der Waals surface area contributed by atoms with E-state index < -0.39 is 9.84 Å². The molecule has 0 aliphatic carbocycles. The molecule has 0 aromatic carbocycles. The summed E-state index contributed by atoms with van der Waals surface area (Å²) in [6, 6.07) is 0. The van der Waals surface area contributed by atoms with E-state index in [4.69, 9.17) is 0 Å². The molecule has 0 aliphatic rings. The highest BCUT2D eigenvalue weighted by atomic mass is 32.2. The van der Waals surface area contributed by atoms with E-state index >= 15 is 0 Å². The zero-order valence-electron chi connectivity index (χ0n) is 12.6. The van der Waals surface area contributed by atoms with Gasteiger partial charge >= 0.3 is 0 Å². The van der Waals surface area contributed by atoms with Crippen LogP contribution in [0.2, 0.25) is 0 Å². The van der Waals surface area contributed by atoms with Crippen molar-refractivity contribution in [2.45, 2.75) is 25.0 Å². The molecule has 116 valence electrons. The zero-order chi connectivity index (χ0) is 15.9. The number of aromatic nitrogens is 6. The standard InChI is InChI=1S/C13H16N6O2S/c1-4-19-12-10(6-15-19)11(5-9-7-18(2)8-14-9)16-13(17-12)22(3,20)21/h6-8H,4-5H2,1-3H3. The molecule has 0 radical (unpaired) electrons. The number of hydrogen-bond donors (Lipinski definition) is 0. The van der Waals surface area contributed by atoms with Crippen LogP contribution < -0.4 is 0 Å². The number of rotatable bonds is 4. The molecular formula is C13H16N6O2S. The van der Waals surface area contributed by atoms with Gasteiger partial charge in [-0.2, -0.15) is 10.1 Å². The summed E-state index contributed by atoms with van der Waals surface area (Å²) in [4.78, 5) is 12.6. The maximum Gasteiger partial charge on any atom is 0.249 e. The molecule has 0 amide bonds. The summed E-state index contributed by atoms with van der Waals surface area (Å²) in [6.07, 6.45) is 6.77. The van der Waals surface area contributed by atoms with Crippen LogP contribution in [-0.4, -0.2) is 44.0 Å². The van der Waals surface area contributed by atoms with Gasteiger partial charge in [0.05, 0.1) is 29.3 Å². The van der Waals surface area contributed by atoms with Crippen molar-refractivity contribution < 1.29 is 8.42 Å². The fourth-order valence-electron chi connectivity index (χ4n) is 2.25. The molecule has 3 aromatic heterocycles. The number of aryl methyl sites for hydroxylation is 2. The highest BCUT2D eigenvalue weighted by molar-refractivity contribution is 7.90. The lowest BCUT2D eigenvalue weighted by Crippen LogP contribution is -2.09. The number of hydrogen-bond acceptors (Lipinski definition) is 6. The maximum absolute atomic E-state index is 11.8. The van der Waals surface area contributed by atoms with Crippen molar-refractivity contribution in [2.75, 3.05) is 6.26 Å². The second kappa shape index (κ2) is 5.16. The van der Waals surface area contributed by atoms with Crippen molar-refractivity contribution in [3.05, 3.63) is 30.1 Å². The molecule has 3 aromatic rings. The Labute approximate surface area is 127 Å². The lowest BCUT2D eigenvalue weighted by Gasteiger charge is -2.05. The summed E-state index contributed by atoms with van der Waals surface area (Å²) in [6.45, 7) is 2.53. The van der Waals surface area contributed by atoms with E-state index in [1.807, 2.05) is 24.7 Å². The number of sulfone groups is 1. The normalized spacial score (nSPS) is 12.1. The van der Waals surface area contributed by atoms with Gasteiger partial charge in [-0.15, -0.1) is 0 Å². The minimum Gasteiger partial charge on any atom is -0.340 e. The highest BCUT2D eigenvalue weighted by Gasteiger charge is 2.19. The Morgan fingerprint density at radius 3 is 2.64 bits per heavy atom. The molecule has 3 heterocycles. The van der Waals surface area contributed by atoms with Gasteiger partial charge in [0.1, 0.15) is 0 Å². The van der Waals surface area contributed by atoms with E-state index in [2.05, 4.69) is 20.1 Å². The van der Waals surface area contributed by atoms with Crippen LogP contribution in [-0.2, 0) is 29.9 Å². The molecule has 0 saturated carbocycles. The number of imidazole rings is 1. The second-order valence-electron chi connectivity index (χ2n) is 5.13. The lowest BCUT2D eigenvalue weighted by molar-refractivity contribution is 0.591. The van der Waals surface area contributed by atoms with Crippen LogP contribution in [0.15, 0.2) is 23.9 Å². The van der Waals surface area contributed by atoms with E-state index in [1.54, 1.807) is 17.2 Å². The van der Waals surface area contributed by atoms with Gasteiger partial charge < -0.3 is 4.57 Å². The van der Waals surface area contributed by atoms with Crippen molar-refractivity contribution in [1.29, 1.82) is 0 Å². The number of nitrogens with zero attached hydrogens (tertiary/aromatic N) is 6. The average Bonchev–Trinajstić information content (AvgIpc) is 3.03. The van der Waals surface area contributed by atoms with Crippen LogP contribution in [0.25, 0.3) is 11.0 Å². The summed E-state index contributed by atoms with van der Waals surface area (Å²) in [5.41, 5.74) is 1.96. The minimum atomic E-state index is -3.50. The third kappa shape index (κ3) is 2.59. The summed E-state index contributed by atoms with van der Waals surface area (Å²) in [7, 11) is -1.62. The third-order valence-corrected chi connectivity index (χ3v) is 4.14. The Morgan fingerprint density at radius 1 is 1.27 bits per heavy atom. The maximum atomic E-state index is 11.8. The summed E-state index contributed by atoms with van der Waals surface area (Å²) in [5.74, 6) is 0. The first-order chi connectivity index (χ1) is 10.4. The largest absolute Gasteiger partial charge is 0.340 e. The Balaban J connectivity index is 2.20. The smallest absolute Gasteiger partial charge is 0.249 e. The van der Waals surface area contributed by atoms with Gasteiger partial charge in [0.2, 0.25) is 15.0 Å². The summed E-state index contributed by atoms with van der Waals surface area (Å²) < 4.78 is 27.2. The van der Waals surface area contributed by atoms with Crippen molar-refractivity contribution in [2.24, 2.45) is 7.05 Å². The number of fused-ring (bicyclic) bond motifs is 1. The van der Waals surface area contributed by atoms with E-state index in [1.165, 1.54) is 0 Å². The first kappa shape index (κ1) is 14.6. The van der Waals surface area contributed by atoms with Gasteiger partial charge in [-0.1, -0.05) is 0 Å². The van der Waals surface area contributed by atoms with Gasteiger partial charge in [0.15, 0.2) is 5.65 Å². The molecule has 0 atom stereocenters. The van der Waals surface area contributed by atoms with Gasteiger partial charge in [-0.3, -0.25) is 0 Å². The fourth-order valence-corrected chi connectivity index (χ4v) is 2.78. The van der Waals surface area contributed by atoms with E-state index in [-0.39, 0.29) is 5.16 Å². The van der Waals surface area contributed by atoms with Crippen molar-refractivity contribution in [3.8, 4) is 0 Å². The predicted molar refractivity (Wildman–Crippen MR) is 80.1 cm³/mol. The van der Waals surface area contributed by atoms with Crippen LogP contribution in [0.3, 0.4) is 0 Å². The molecule has 0 saturated heterocycles. The third-order valence-electron chi connectivity index (χ3n) is 3.29. The Hall–Kier alpha value is -2.29. The quantitative estimate of drug-likeness (QED) is 0.652. The van der Waals surface area contributed by atoms with Crippen LogP contribution in [0.1, 0.15) is 18.3 Å². The average molecular weight is 320 g/mol. The van der Waals surface area contributed by atoms with Crippen molar-refractivity contribution >= 4 is 20.9 Å². The summed E-state index contributed by atoms with van der Waals surface area (Å²) in [5, 5.41) is 4.81. The SMILES string of the molecule is CCn1ncc2c(Cc3cn(C)cn3)nc(S(C)(=O)=O)nc21. The van der Waals surface area contributed by atoms with Crippen LogP contribution in [0.5, 0.6) is 0 Å². The van der Waals surface area contributed by atoms with Crippen LogP contribution >= 0.6 is 0 Å². The molecular weight excluding hydrogens is 304 g/mol. The van der Waals surface area contributed by atoms with Gasteiger partial charge in [0.25, 0.3) is 0 Å². The van der Waals surface area contributed by atoms with Crippen molar-refractivity contribution in [1.82, 2.24) is 29.3 Å². The molecule has 22 heavy (non-hydrogen) atoms. The lowest BCUT2D eigenvalue weighted by atomic mass is 10.2. The minimum absolute atomic E-state index is 0.180. The van der Waals surface area contributed by atoms with E-state index in [0.717, 1.165) is 17.3 Å². The zero-order valence-corrected chi connectivity index (χ0v) is 13.4. The topological polar surface area (TPSA) is 95.6 Å².